The van der Waals surface area contributed by atoms with E-state index >= 15 is 0 Å². The van der Waals surface area contributed by atoms with E-state index in [1.54, 1.807) is 24.3 Å². The summed E-state index contributed by atoms with van der Waals surface area (Å²) in [6.07, 6.45) is 0. The molecule has 0 radical (unpaired) electrons. The summed E-state index contributed by atoms with van der Waals surface area (Å²) in [5.41, 5.74) is 1.11. The number of rotatable bonds is 5. The Labute approximate surface area is 140 Å². The van der Waals surface area contributed by atoms with E-state index < -0.39 is 11.8 Å². The lowest BCUT2D eigenvalue weighted by Crippen LogP contribution is -3.14. The number of anilines is 2. The monoisotopic (exact) mass is 335 g/mol. The van der Waals surface area contributed by atoms with E-state index in [2.05, 4.69) is 16.0 Å². The molecule has 1 saturated heterocycles. The van der Waals surface area contributed by atoms with Crippen LogP contribution in [0.15, 0.2) is 24.3 Å². The number of morpholine rings is 1. The molecule has 0 saturated carbocycles. The van der Waals surface area contributed by atoms with Crippen molar-refractivity contribution in [3.05, 3.63) is 24.3 Å². The fourth-order valence-corrected chi connectivity index (χ4v) is 2.37. The Morgan fingerprint density at radius 1 is 1.00 bits per heavy atom. The van der Waals surface area contributed by atoms with E-state index in [4.69, 9.17) is 4.74 Å². The summed E-state index contributed by atoms with van der Waals surface area (Å²) in [7, 11) is 0. The van der Waals surface area contributed by atoms with E-state index in [0.29, 0.717) is 17.9 Å². The molecule has 4 N–H and O–H groups in total. The normalized spacial score (nSPS) is 14.7. The number of carbonyl (C=O) groups excluding carboxylic acids is 3. The van der Waals surface area contributed by atoms with Crippen LogP contribution in [0.2, 0.25) is 0 Å². The maximum atomic E-state index is 11.8. The van der Waals surface area contributed by atoms with Crippen LogP contribution in [0.1, 0.15) is 6.92 Å². The van der Waals surface area contributed by atoms with Crippen LogP contribution >= 0.6 is 0 Å². The number of ether oxygens (including phenoxy) is 1. The van der Waals surface area contributed by atoms with E-state index in [-0.39, 0.29) is 5.91 Å². The summed E-state index contributed by atoms with van der Waals surface area (Å²) in [6.45, 7) is 5.94. The van der Waals surface area contributed by atoms with Crippen LogP contribution in [-0.2, 0) is 19.1 Å². The van der Waals surface area contributed by atoms with Gasteiger partial charge in [0.1, 0.15) is 13.1 Å². The Kier molecular flexibility index (Phi) is 6.71. The molecule has 1 heterocycles. The van der Waals surface area contributed by atoms with E-state index in [9.17, 15) is 14.4 Å². The van der Waals surface area contributed by atoms with E-state index in [0.717, 1.165) is 32.8 Å². The summed E-state index contributed by atoms with van der Waals surface area (Å²) < 4.78 is 5.27. The van der Waals surface area contributed by atoms with Gasteiger partial charge in [-0.1, -0.05) is 0 Å². The number of nitrogens with one attached hydrogen (secondary N) is 4. The molecule has 0 unspecified atom stereocenters. The number of quaternary nitrogens is 1. The Morgan fingerprint density at radius 3 is 2.17 bits per heavy atom. The Balaban J connectivity index is 1.72. The van der Waals surface area contributed by atoms with Crippen LogP contribution in [0.25, 0.3) is 0 Å². The third-order valence-corrected chi connectivity index (χ3v) is 3.63. The second-order valence-corrected chi connectivity index (χ2v) is 5.58. The standard InChI is InChI=1S/C16H22N4O4/c1-12(21)18-13-2-4-14(5-3-13)19-16(23)15(22)17-6-7-20-8-10-24-11-9-20/h2-5H,6-11H2,1H3,(H,17,22)(H,18,21)(H,19,23)/p+1. The largest absolute Gasteiger partial charge is 0.370 e. The highest BCUT2D eigenvalue weighted by atomic mass is 16.5. The van der Waals surface area contributed by atoms with Gasteiger partial charge in [0.2, 0.25) is 5.91 Å². The van der Waals surface area contributed by atoms with Crippen LogP contribution in [0, 0.1) is 0 Å². The van der Waals surface area contributed by atoms with Crippen molar-refractivity contribution >= 4 is 29.1 Å². The highest BCUT2D eigenvalue weighted by molar-refractivity contribution is 6.39. The van der Waals surface area contributed by atoms with Gasteiger partial charge < -0.3 is 25.6 Å². The minimum atomic E-state index is -0.709. The second kappa shape index (κ2) is 8.99. The van der Waals surface area contributed by atoms with Crippen LogP contribution < -0.4 is 20.9 Å². The molecular weight excluding hydrogens is 312 g/mol. The van der Waals surface area contributed by atoms with E-state index in [1.165, 1.54) is 11.8 Å². The Hall–Kier alpha value is -2.45. The first kappa shape index (κ1) is 17.9. The van der Waals surface area contributed by atoms with Crippen molar-refractivity contribution in [1.82, 2.24) is 5.32 Å². The highest BCUT2D eigenvalue weighted by Crippen LogP contribution is 2.13. The van der Waals surface area contributed by atoms with Gasteiger partial charge >= 0.3 is 11.8 Å². The van der Waals surface area contributed by atoms with Gasteiger partial charge in [-0.25, -0.2) is 0 Å². The van der Waals surface area contributed by atoms with Crippen LogP contribution in [0.4, 0.5) is 11.4 Å². The predicted molar refractivity (Wildman–Crippen MR) is 88.8 cm³/mol. The fraction of sp³-hybridized carbons (Fsp3) is 0.438. The molecule has 8 nitrogen and oxygen atoms in total. The molecule has 1 aliphatic heterocycles. The third kappa shape index (κ3) is 5.98. The van der Waals surface area contributed by atoms with Gasteiger partial charge in [0.25, 0.3) is 0 Å². The third-order valence-electron chi connectivity index (χ3n) is 3.63. The van der Waals surface area contributed by atoms with Crippen molar-refractivity contribution in [1.29, 1.82) is 0 Å². The average molecular weight is 335 g/mol. The molecule has 0 atom stereocenters. The SMILES string of the molecule is CC(=O)Nc1ccc(NC(=O)C(=O)NCC[NH+]2CCOCC2)cc1. The summed E-state index contributed by atoms with van der Waals surface area (Å²) in [5, 5.41) is 7.76. The van der Waals surface area contributed by atoms with Gasteiger partial charge in [0.15, 0.2) is 0 Å². The maximum Gasteiger partial charge on any atom is 0.313 e. The van der Waals surface area contributed by atoms with Gasteiger partial charge in [-0.15, -0.1) is 0 Å². The minimum absolute atomic E-state index is 0.173. The first-order chi connectivity index (χ1) is 11.5. The highest BCUT2D eigenvalue weighted by Gasteiger charge is 2.16. The van der Waals surface area contributed by atoms with Crippen molar-refractivity contribution in [3.8, 4) is 0 Å². The zero-order valence-corrected chi connectivity index (χ0v) is 13.7. The molecule has 24 heavy (non-hydrogen) atoms. The summed E-state index contributed by atoms with van der Waals surface area (Å²) in [6, 6.07) is 6.54. The fourth-order valence-electron chi connectivity index (χ4n) is 2.37. The molecule has 0 aliphatic carbocycles. The summed E-state index contributed by atoms with van der Waals surface area (Å²) in [4.78, 5) is 35.9. The topological polar surface area (TPSA) is 101 Å². The molecule has 1 aromatic rings. The van der Waals surface area contributed by atoms with Crippen molar-refractivity contribution in [2.75, 3.05) is 50.0 Å². The molecule has 0 spiro atoms. The van der Waals surface area contributed by atoms with Crippen molar-refractivity contribution in [2.45, 2.75) is 6.92 Å². The molecule has 0 aromatic heterocycles. The lowest BCUT2D eigenvalue weighted by atomic mass is 10.2. The molecule has 0 bridgehead atoms. The number of amides is 3. The summed E-state index contributed by atoms with van der Waals surface area (Å²) in [5.74, 6) is -1.54. The molecule has 1 fully saturated rings. The van der Waals surface area contributed by atoms with E-state index in [1.807, 2.05) is 0 Å². The molecule has 130 valence electrons. The number of hydrogen-bond donors (Lipinski definition) is 4. The molecule has 1 aliphatic rings. The zero-order chi connectivity index (χ0) is 17.4. The lowest BCUT2D eigenvalue weighted by Gasteiger charge is -2.23. The van der Waals surface area contributed by atoms with Gasteiger partial charge in [0, 0.05) is 18.3 Å². The molecular formula is C16H23N4O4+. The number of carbonyl (C=O) groups is 3. The first-order valence-electron chi connectivity index (χ1n) is 7.93. The second-order valence-electron chi connectivity index (χ2n) is 5.58. The maximum absolute atomic E-state index is 11.8. The average Bonchev–Trinajstić information content (AvgIpc) is 2.57. The molecule has 3 amide bonds. The van der Waals surface area contributed by atoms with Crippen LogP contribution in [-0.4, -0.2) is 57.1 Å². The van der Waals surface area contributed by atoms with Crippen molar-refractivity contribution in [3.63, 3.8) is 0 Å². The minimum Gasteiger partial charge on any atom is -0.370 e. The smallest absolute Gasteiger partial charge is 0.313 e. The molecule has 1 aromatic carbocycles. The first-order valence-corrected chi connectivity index (χ1v) is 7.93. The Bertz CT molecular complexity index is 582. The van der Waals surface area contributed by atoms with Crippen LogP contribution in [0.3, 0.4) is 0 Å². The Morgan fingerprint density at radius 2 is 1.58 bits per heavy atom. The quantitative estimate of drug-likeness (QED) is 0.498. The number of benzene rings is 1. The summed E-state index contributed by atoms with van der Waals surface area (Å²) >= 11 is 0. The van der Waals surface area contributed by atoms with Gasteiger partial charge in [0.05, 0.1) is 26.3 Å². The van der Waals surface area contributed by atoms with Crippen molar-refractivity contribution in [2.24, 2.45) is 0 Å². The number of hydrogen-bond acceptors (Lipinski definition) is 4. The molecule has 2 rings (SSSR count). The van der Waals surface area contributed by atoms with Gasteiger partial charge in [-0.05, 0) is 24.3 Å². The van der Waals surface area contributed by atoms with Crippen molar-refractivity contribution < 1.29 is 24.0 Å². The molecule has 8 heteroatoms. The van der Waals surface area contributed by atoms with Gasteiger partial charge in [-0.2, -0.15) is 0 Å². The van der Waals surface area contributed by atoms with Gasteiger partial charge in [-0.3, -0.25) is 14.4 Å². The van der Waals surface area contributed by atoms with Crippen LogP contribution in [0.5, 0.6) is 0 Å². The predicted octanol–water partition coefficient (Wildman–Crippen LogP) is -1.39. The zero-order valence-electron chi connectivity index (χ0n) is 13.7. The lowest BCUT2D eigenvalue weighted by molar-refractivity contribution is -0.906.